The molecule has 1 fully saturated rings. The van der Waals surface area contributed by atoms with Gasteiger partial charge in [0.15, 0.2) is 0 Å². The maximum absolute atomic E-state index is 11.6. The van der Waals surface area contributed by atoms with Crippen molar-refractivity contribution in [3.63, 3.8) is 0 Å². The molecule has 0 unspecified atom stereocenters. The predicted molar refractivity (Wildman–Crippen MR) is 104 cm³/mol. The molecule has 0 spiro atoms. The van der Waals surface area contributed by atoms with Gasteiger partial charge in [0.25, 0.3) is 0 Å². The van der Waals surface area contributed by atoms with E-state index in [0.29, 0.717) is 6.04 Å². The molecule has 0 bridgehead atoms. The molecule has 2 aromatic rings. The topological polar surface area (TPSA) is 32.3 Å². The van der Waals surface area contributed by atoms with Gasteiger partial charge in [-0.3, -0.25) is 4.21 Å². The highest BCUT2D eigenvalue weighted by Gasteiger charge is 2.23. The second kappa shape index (κ2) is 6.25. The van der Waals surface area contributed by atoms with Crippen LogP contribution in [0.25, 0.3) is 11.1 Å². The lowest BCUT2D eigenvalue weighted by molar-refractivity contribution is 0.624. The van der Waals surface area contributed by atoms with Gasteiger partial charge in [0, 0.05) is 42.4 Å². The van der Waals surface area contributed by atoms with Crippen LogP contribution in [0.4, 0.5) is 11.4 Å². The number of hydrogen-bond donors (Lipinski definition) is 1. The Kier molecular flexibility index (Phi) is 4.09. The molecule has 1 saturated heterocycles. The van der Waals surface area contributed by atoms with Gasteiger partial charge in [-0.05, 0) is 53.6 Å². The van der Waals surface area contributed by atoms with Crippen LogP contribution < -0.4 is 10.2 Å². The number of nitrogens with one attached hydrogen (secondary N) is 1. The van der Waals surface area contributed by atoms with E-state index in [1.807, 2.05) is 0 Å². The molecule has 1 aliphatic heterocycles. The second-order valence-corrected chi connectivity index (χ2v) is 8.72. The summed E-state index contributed by atoms with van der Waals surface area (Å²) in [5, 5.41) is 3.74. The Hall–Kier alpha value is -1.81. The number of fused-ring (bicyclic) bond motifs is 3. The van der Waals surface area contributed by atoms with Crippen LogP contribution in [0.3, 0.4) is 0 Å². The zero-order valence-corrected chi connectivity index (χ0v) is 15.2. The number of benzene rings is 2. The van der Waals surface area contributed by atoms with Gasteiger partial charge in [0.2, 0.25) is 0 Å². The molecule has 0 aromatic heterocycles. The molecule has 126 valence electrons. The maximum Gasteiger partial charge on any atom is 0.0600 e. The molecular weight excluding hydrogens is 316 g/mol. The van der Waals surface area contributed by atoms with Crippen molar-refractivity contribution in [3.8, 4) is 11.1 Å². The zero-order chi connectivity index (χ0) is 16.7. The molecule has 2 aromatic carbocycles. The third-order valence-electron chi connectivity index (χ3n) is 5.14. The first-order valence-corrected chi connectivity index (χ1v) is 10.1. The van der Waals surface area contributed by atoms with Crippen LogP contribution >= 0.6 is 0 Å². The molecule has 0 amide bonds. The van der Waals surface area contributed by atoms with Gasteiger partial charge < -0.3 is 10.2 Å². The van der Waals surface area contributed by atoms with E-state index in [2.05, 4.69) is 60.7 Å². The van der Waals surface area contributed by atoms with Gasteiger partial charge in [-0.25, -0.2) is 0 Å². The molecule has 2 aliphatic rings. The smallest absolute Gasteiger partial charge is 0.0600 e. The molecular formula is C20H24N2OS. The van der Waals surface area contributed by atoms with Crippen molar-refractivity contribution in [1.29, 1.82) is 0 Å². The normalized spacial score (nSPS) is 21.9. The first kappa shape index (κ1) is 15.7. The SMILES string of the molecule is CN(C)c1cc2c(cc1NC1CCS(=O)CC1)-c1ccccc1C2. The van der Waals surface area contributed by atoms with Gasteiger partial charge in [-0.1, -0.05) is 24.3 Å². The quantitative estimate of drug-likeness (QED) is 0.790. The van der Waals surface area contributed by atoms with Crippen molar-refractivity contribution in [3.05, 3.63) is 47.5 Å². The van der Waals surface area contributed by atoms with Gasteiger partial charge in [-0.2, -0.15) is 0 Å². The number of nitrogens with zero attached hydrogens (tertiary/aromatic N) is 1. The summed E-state index contributed by atoms with van der Waals surface area (Å²) < 4.78 is 11.6. The largest absolute Gasteiger partial charge is 0.381 e. The van der Waals surface area contributed by atoms with E-state index in [4.69, 9.17) is 0 Å². The fourth-order valence-electron chi connectivity index (χ4n) is 3.81. The zero-order valence-electron chi connectivity index (χ0n) is 14.3. The maximum atomic E-state index is 11.6. The minimum Gasteiger partial charge on any atom is -0.381 e. The average molecular weight is 340 g/mol. The highest BCUT2D eigenvalue weighted by atomic mass is 32.2. The Morgan fingerprint density at radius 3 is 2.54 bits per heavy atom. The Balaban J connectivity index is 1.70. The van der Waals surface area contributed by atoms with Crippen molar-refractivity contribution in [2.24, 2.45) is 0 Å². The van der Waals surface area contributed by atoms with Crippen molar-refractivity contribution in [1.82, 2.24) is 0 Å². The Morgan fingerprint density at radius 2 is 1.79 bits per heavy atom. The summed E-state index contributed by atoms with van der Waals surface area (Å²) in [7, 11) is 3.59. The summed E-state index contributed by atoms with van der Waals surface area (Å²) in [5.41, 5.74) is 8.00. The number of hydrogen-bond acceptors (Lipinski definition) is 3. The average Bonchev–Trinajstić information content (AvgIpc) is 2.94. The van der Waals surface area contributed by atoms with E-state index in [1.165, 1.54) is 33.6 Å². The lowest BCUT2D eigenvalue weighted by Crippen LogP contribution is -2.30. The molecule has 1 heterocycles. The Bertz CT molecular complexity index is 790. The van der Waals surface area contributed by atoms with E-state index in [1.54, 1.807) is 0 Å². The summed E-state index contributed by atoms with van der Waals surface area (Å²) in [6.45, 7) is 0. The molecule has 1 N–H and O–H groups in total. The van der Waals surface area contributed by atoms with Gasteiger partial charge >= 0.3 is 0 Å². The predicted octanol–water partition coefficient (Wildman–Crippen LogP) is 3.65. The van der Waals surface area contributed by atoms with Crippen LogP contribution in [-0.4, -0.2) is 35.9 Å². The monoisotopic (exact) mass is 340 g/mol. The van der Waals surface area contributed by atoms with E-state index in [9.17, 15) is 4.21 Å². The van der Waals surface area contributed by atoms with Gasteiger partial charge in [-0.15, -0.1) is 0 Å². The molecule has 0 saturated carbocycles. The molecule has 0 atom stereocenters. The second-order valence-electron chi connectivity index (χ2n) is 7.02. The minimum absolute atomic E-state index is 0.427. The summed E-state index contributed by atoms with van der Waals surface area (Å²) in [5.74, 6) is 1.64. The van der Waals surface area contributed by atoms with Gasteiger partial charge in [0.1, 0.15) is 0 Å². The fourth-order valence-corrected chi connectivity index (χ4v) is 5.11. The van der Waals surface area contributed by atoms with Crippen molar-refractivity contribution in [2.75, 3.05) is 35.8 Å². The van der Waals surface area contributed by atoms with Crippen molar-refractivity contribution in [2.45, 2.75) is 25.3 Å². The van der Waals surface area contributed by atoms with E-state index >= 15 is 0 Å². The van der Waals surface area contributed by atoms with Crippen LogP contribution in [0.5, 0.6) is 0 Å². The minimum atomic E-state index is -0.613. The summed E-state index contributed by atoms with van der Waals surface area (Å²) in [4.78, 5) is 2.19. The van der Waals surface area contributed by atoms with Crippen molar-refractivity contribution < 1.29 is 4.21 Å². The Morgan fingerprint density at radius 1 is 1.04 bits per heavy atom. The van der Waals surface area contributed by atoms with Crippen LogP contribution in [0, 0.1) is 0 Å². The third kappa shape index (κ3) is 2.84. The van der Waals surface area contributed by atoms with Crippen LogP contribution in [0.1, 0.15) is 24.0 Å². The summed E-state index contributed by atoms with van der Waals surface area (Å²) in [6.07, 6.45) is 3.01. The van der Waals surface area contributed by atoms with Crippen LogP contribution in [-0.2, 0) is 17.2 Å². The molecule has 1 aliphatic carbocycles. The molecule has 3 nitrogen and oxygen atoms in total. The number of rotatable bonds is 3. The van der Waals surface area contributed by atoms with Gasteiger partial charge in [0.05, 0.1) is 11.4 Å². The first-order chi connectivity index (χ1) is 11.6. The number of anilines is 2. The highest BCUT2D eigenvalue weighted by Crippen LogP contribution is 2.42. The summed E-state index contributed by atoms with van der Waals surface area (Å²) in [6, 6.07) is 13.8. The molecule has 4 heteroatoms. The van der Waals surface area contributed by atoms with Crippen LogP contribution in [0.2, 0.25) is 0 Å². The molecule has 0 radical (unpaired) electrons. The lowest BCUT2D eigenvalue weighted by Gasteiger charge is -2.27. The first-order valence-electron chi connectivity index (χ1n) is 8.66. The van der Waals surface area contributed by atoms with Crippen molar-refractivity contribution >= 4 is 22.2 Å². The standard InChI is InChI=1S/C20H24N2OS/c1-22(2)20-12-15-11-14-5-3-4-6-17(14)18(15)13-19(20)21-16-7-9-24(23)10-8-16/h3-6,12-13,16,21H,7-11H2,1-2H3. The van der Waals surface area contributed by atoms with E-state index < -0.39 is 10.8 Å². The highest BCUT2D eigenvalue weighted by molar-refractivity contribution is 7.85. The third-order valence-corrected chi connectivity index (χ3v) is 6.52. The molecule has 24 heavy (non-hydrogen) atoms. The summed E-state index contributed by atoms with van der Waals surface area (Å²) >= 11 is 0. The van der Waals surface area contributed by atoms with E-state index in [0.717, 1.165) is 30.8 Å². The molecule has 4 rings (SSSR count). The Labute approximate surface area is 146 Å². The van der Waals surface area contributed by atoms with Crippen LogP contribution in [0.15, 0.2) is 36.4 Å². The lowest BCUT2D eigenvalue weighted by atomic mass is 10.0. The fraction of sp³-hybridized carbons (Fsp3) is 0.400. The van der Waals surface area contributed by atoms with E-state index in [-0.39, 0.29) is 0 Å².